The number of hydrogen-bond donors (Lipinski definition) is 2. The van der Waals surface area contributed by atoms with E-state index >= 15 is 0 Å². The fourth-order valence-electron chi connectivity index (χ4n) is 2.34. The first-order valence-electron chi connectivity index (χ1n) is 8.30. The second kappa shape index (κ2) is 8.31. The van der Waals surface area contributed by atoms with Crippen LogP contribution in [-0.2, 0) is 16.4 Å². The Bertz CT molecular complexity index is 1130. The topological polar surface area (TPSA) is 112 Å². The van der Waals surface area contributed by atoms with Gasteiger partial charge in [0.2, 0.25) is 0 Å². The average Bonchev–Trinajstić information content (AvgIpc) is 3.22. The van der Waals surface area contributed by atoms with Gasteiger partial charge in [-0.2, -0.15) is 5.26 Å². The molecule has 0 radical (unpaired) electrons. The quantitative estimate of drug-likeness (QED) is 0.605. The number of nitrogens with one attached hydrogen (secondary N) is 2. The van der Waals surface area contributed by atoms with Crippen LogP contribution in [0.5, 0.6) is 0 Å². The Morgan fingerprint density at radius 1 is 1.14 bits per heavy atom. The summed E-state index contributed by atoms with van der Waals surface area (Å²) in [6.07, 6.45) is 0.936. The highest BCUT2D eigenvalue weighted by molar-refractivity contribution is 7.89. The Balaban J connectivity index is 1.67. The van der Waals surface area contributed by atoms with Crippen molar-refractivity contribution in [2.45, 2.75) is 18.2 Å². The molecule has 0 fully saturated rings. The summed E-state index contributed by atoms with van der Waals surface area (Å²) in [5.41, 5.74) is 4.70. The maximum Gasteiger partial charge on any atom is 0.285 e. The Morgan fingerprint density at radius 3 is 2.43 bits per heavy atom. The minimum absolute atomic E-state index is 0.0678. The maximum atomic E-state index is 12.2. The number of sulfonamides is 1. The number of rotatable bonds is 6. The summed E-state index contributed by atoms with van der Waals surface area (Å²) < 4.78 is 24.5. The van der Waals surface area contributed by atoms with Gasteiger partial charge in [-0.1, -0.05) is 31.2 Å². The summed E-state index contributed by atoms with van der Waals surface area (Å²) in [7, 11) is -3.96. The smallest absolute Gasteiger partial charge is 0.272 e. The predicted octanol–water partition coefficient (Wildman–Crippen LogP) is 2.87. The van der Waals surface area contributed by atoms with Crippen molar-refractivity contribution in [1.29, 1.82) is 5.26 Å². The maximum absolute atomic E-state index is 12.2. The molecule has 1 amide bonds. The molecular weight excluding hydrogens is 396 g/mol. The minimum Gasteiger partial charge on any atom is -0.272 e. The number of thiazole rings is 1. The molecule has 0 spiro atoms. The zero-order valence-electron chi connectivity index (χ0n) is 14.8. The van der Waals surface area contributed by atoms with Crippen LogP contribution in [0, 0.1) is 11.3 Å². The molecular formula is C19H16N4O3S2. The van der Waals surface area contributed by atoms with Crippen molar-refractivity contribution in [3.8, 4) is 16.6 Å². The van der Waals surface area contributed by atoms with Crippen LogP contribution in [0.4, 0.5) is 0 Å². The second-order valence-corrected chi connectivity index (χ2v) is 8.32. The first-order chi connectivity index (χ1) is 13.4. The lowest BCUT2D eigenvalue weighted by Gasteiger charge is -2.07. The van der Waals surface area contributed by atoms with E-state index in [4.69, 9.17) is 5.26 Å². The molecule has 7 nitrogen and oxygen atoms in total. The third-order valence-corrected chi connectivity index (χ3v) is 6.09. The lowest BCUT2D eigenvalue weighted by molar-refractivity contribution is 0.0941. The van der Waals surface area contributed by atoms with Gasteiger partial charge in [0.1, 0.15) is 10.7 Å². The van der Waals surface area contributed by atoms with Gasteiger partial charge < -0.3 is 0 Å². The molecule has 0 atom stereocenters. The Morgan fingerprint density at radius 2 is 1.82 bits per heavy atom. The van der Waals surface area contributed by atoms with E-state index < -0.39 is 15.9 Å². The van der Waals surface area contributed by atoms with Gasteiger partial charge in [0.05, 0.1) is 16.5 Å². The Hall–Kier alpha value is -3.06. The SMILES string of the molecule is CCc1ccc(-c2nc(C(=O)NNS(=O)(=O)c3ccc(C#N)cc3)cs2)cc1. The molecule has 142 valence electrons. The summed E-state index contributed by atoms with van der Waals surface area (Å²) in [4.78, 5) is 18.5. The summed E-state index contributed by atoms with van der Waals surface area (Å²) in [5.74, 6) is -0.662. The number of amides is 1. The van der Waals surface area contributed by atoms with Crippen LogP contribution in [0.25, 0.3) is 10.6 Å². The van der Waals surface area contributed by atoms with E-state index in [1.165, 1.54) is 41.2 Å². The van der Waals surface area contributed by atoms with Gasteiger partial charge in [-0.3, -0.25) is 10.2 Å². The molecule has 0 saturated carbocycles. The lowest BCUT2D eigenvalue weighted by Crippen LogP contribution is -2.41. The molecule has 0 aliphatic carbocycles. The van der Waals surface area contributed by atoms with E-state index in [9.17, 15) is 13.2 Å². The first kappa shape index (κ1) is 19.7. The molecule has 1 heterocycles. The molecule has 2 aromatic carbocycles. The molecule has 2 N–H and O–H groups in total. The number of aromatic nitrogens is 1. The highest BCUT2D eigenvalue weighted by Crippen LogP contribution is 2.24. The van der Waals surface area contributed by atoms with Crippen molar-refractivity contribution < 1.29 is 13.2 Å². The van der Waals surface area contributed by atoms with Crippen molar-refractivity contribution in [3.05, 3.63) is 70.7 Å². The summed E-state index contributed by atoms with van der Waals surface area (Å²) in [5, 5.41) is 11.0. The summed E-state index contributed by atoms with van der Waals surface area (Å²) in [6.45, 7) is 2.07. The second-order valence-electron chi connectivity index (χ2n) is 5.78. The third kappa shape index (κ3) is 4.43. The zero-order chi connectivity index (χ0) is 20.1. The van der Waals surface area contributed by atoms with Crippen LogP contribution in [0.15, 0.2) is 58.8 Å². The summed E-state index contributed by atoms with van der Waals surface area (Å²) >= 11 is 1.30. The molecule has 1 aromatic heterocycles. The van der Waals surface area contributed by atoms with Crippen molar-refractivity contribution in [2.75, 3.05) is 0 Å². The molecule has 0 unspecified atom stereocenters. The van der Waals surface area contributed by atoms with Crippen molar-refractivity contribution in [2.24, 2.45) is 0 Å². The fraction of sp³-hybridized carbons (Fsp3) is 0.105. The monoisotopic (exact) mass is 412 g/mol. The molecule has 0 aliphatic rings. The molecule has 3 aromatic rings. The number of aryl methyl sites for hydroxylation is 1. The standard InChI is InChI=1S/C19H16N4O3S2/c1-2-13-3-7-15(8-4-13)19-21-17(12-27-19)18(24)22-23-28(25,26)16-9-5-14(11-20)6-10-16/h3-10,12,23H,2H2,1H3,(H,22,24). The molecule has 28 heavy (non-hydrogen) atoms. The van der Waals surface area contributed by atoms with Crippen LogP contribution < -0.4 is 10.3 Å². The van der Waals surface area contributed by atoms with E-state index in [0.717, 1.165) is 12.0 Å². The average molecular weight is 412 g/mol. The van der Waals surface area contributed by atoms with Gasteiger partial charge >= 0.3 is 0 Å². The molecule has 3 rings (SSSR count). The number of hydrogen-bond acceptors (Lipinski definition) is 6. The normalized spacial score (nSPS) is 11.0. The van der Waals surface area contributed by atoms with E-state index in [-0.39, 0.29) is 10.6 Å². The van der Waals surface area contributed by atoms with Crippen molar-refractivity contribution in [3.63, 3.8) is 0 Å². The van der Waals surface area contributed by atoms with E-state index in [0.29, 0.717) is 10.6 Å². The molecule has 9 heteroatoms. The van der Waals surface area contributed by atoms with Gasteiger partial charge in [0.15, 0.2) is 0 Å². The van der Waals surface area contributed by atoms with E-state index in [1.807, 2.05) is 35.2 Å². The highest BCUT2D eigenvalue weighted by atomic mass is 32.2. The van der Waals surface area contributed by atoms with E-state index in [1.54, 1.807) is 5.38 Å². The van der Waals surface area contributed by atoms with Gasteiger partial charge in [-0.05, 0) is 36.2 Å². The number of hydrazine groups is 1. The minimum atomic E-state index is -3.96. The highest BCUT2D eigenvalue weighted by Gasteiger charge is 2.17. The number of carbonyl (C=O) groups is 1. The van der Waals surface area contributed by atoms with Crippen LogP contribution in [0.2, 0.25) is 0 Å². The molecule has 0 bridgehead atoms. The van der Waals surface area contributed by atoms with E-state index in [2.05, 4.69) is 17.3 Å². The van der Waals surface area contributed by atoms with Crippen molar-refractivity contribution >= 4 is 27.3 Å². The van der Waals surface area contributed by atoms with Gasteiger partial charge in [-0.15, -0.1) is 16.2 Å². The Kier molecular flexibility index (Phi) is 5.84. The lowest BCUT2D eigenvalue weighted by atomic mass is 10.1. The number of benzene rings is 2. The number of carbonyl (C=O) groups excluding carboxylic acids is 1. The van der Waals surface area contributed by atoms with Crippen LogP contribution in [0.1, 0.15) is 28.5 Å². The number of nitriles is 1. The zero-order valence-corrected chi connectivity index (χ0v) is 16.5. The van der Waals surface area contributed by atoms with Crippen LogP contribution in [0.3, 0.4) is 0 Å². The molecule has 0 saturated heterocycles. The summed E-state index contributed by atoms with van der Waals surface area (Å²) in [6, 6.07) is 15.1. The van der Waals surface area contributed by atoms with Gasteiger partial charge in [0.25, 0.3) is 15.9 Å². The fourth-order valence-corrected chi connectivity index (χ4v) is 3.98. The Labute approximate surface area is 166 Å². The molecule has 0 aliphatic heterocycles. The van der Waals surface area contributed by atoms with Crippen LogP contribution in [-0.4, -0.2) is 19.3 Å². The number of nitrogens with zero attached hydrogens (tertiary/aromatic N) is 2. The largest absolute Gasteiger partial charge is 0.285 e. The first-order valence-corrected chi connectivity index (χ1v) is 10.7. The third-order valence-electron chi connectivity index (χ3n) is 3.94. The van der Waals surface area contributed by atoms with Gasteiger partial charge in [-0.25, -0.2) is 13.4 Å². The van der Waals surface area contributed by atoms with Crippen LogP contribution >= 0.6 is 11.3 Å². The predicted molar refractivity (Wildman–Crippen MR) is 106 cm³/mol. The van der Waals surface area contributed by atoms with Gasteiger partial charge in [0, 0.05) is 10.9 Å². The van der Waals surface area contributed by atoms with Crippen molar-refractivity contribution in [1.82, 2.24) is 15.2 Å².